The van der Waals surface area contributed by atoms with Crippen LogP contribution in [0.2, 0.25) is 0 Å². The number of anilines is 2. The molecule has 4 N–H and O–H groups in total. The maximum atomic E-state index is 12.2. The number of nitrogens with one attached hydrogen (secondary N) is 2. The molecule has 2 rings (SSSR count). The van der Waals surface area contributed by atoms with Crippen LogP contribution < -0.4 is 10.6 Å². The summed E-state index contributed by atoms with van der Waals surface area (Å²) in [5.74, 6) is -2.58. The van der Waals surface area contributed by atoms with Crippen LogP contribution in [0.1, 0.15) is 0 Å². The van der Waals surface area contributed by atoms with Gasteiger partial charge in [-0.05, 0) is 24.3 Å². The van der Waals surface area contributed by atoms with Crippen molar-refractivity contribution in [3.8, 4) is 0 Å². The van der Waals surface area contributed by atoms with E-state index >= 15 is 0 Å². The minimum atomic E-state index is -1.15. The molecule has 2 aromatic heterocycles. The van der Waals surface area contributed by atoms with E-state index in [4.69, 9.17) is 10.2 Å². The highest BCUT2D eigenvalue weighted by atomic mass is 16.4. The molecule has 12 nitrogen and oxygen atoms in total. The Morgan fingerprint density at radius 3 is 1.41 bits per heavy atom. The Balaban J connectivity index is 1.94. The lowest BCUT2D eigenvalue weighted by molar-refractivity contribution is -0.140. The van der Waals surface area contributed by atoms with Gasteiger partial charge in [0.05, 0.1) is 26.2 Å². The van der Waals surface area contributed by atoms with Crippen molar-refractivity contribution in [2.24, 2.45) is 0 Å². The van der Waals surface area contributed by atoms with Gasteiger partial charge in [0.1, 0.15) is 11.6 Å². The standard InChI is InChI=1S/C20H24N6O6/c27-17(23-15-5-1-3-7-21-15)11-25(13-19(29)30)9-10-26(14-20(31)32)12-18(28)24-16-6-2-4-8-22-16/h1-8H,9-14H2,(H,29,30)(H,31,32)(H,21,23,27)(H,22,24,28). The molecule has 0 unspecified atom stereocenters. The number of pyridine rings is 2. The first-order valence-corrected chi connectivity index (χ1v) is 9.62. The molecule has 0 bridgehead atoms. The van der Waals surface area contributed by atoms with Gasteiger partial charge in [-0.3, -0.25) is 29.0 Å². The van der Waals surface area contributed by atoms with Crippen LogP contribution in [0, 0.1) is 0 Å². The lowest BCUT2D eigenvalue weighted by Gasteiger charge is -2.25. The van der Waals surface area contributed by atoms with Crippen LogP contribution in [0.4, 0.5) is 11.6 Å². The number of carbonyl (C=O) groups excluding carboxylic acids is 2. The third-order valence-electron chi connectivity index (χ3n) is 4.05. The summed E-state index contributed by atoms with van der Waals surface area (Å²) < 4.78 is 0. The number of aromatic nitrogens is 2. The second-order valence-corrected chi connectivity index (χ2v) is 6.74. The van der Waals surface area contributed by atoms with E-state index in [9.17, 15) is 19.2 Å². The molecular formula is C20H24N6O6. The topological polar surface area (TPSA) is 165 Å². The van der Waals surface area contributed by atoms with Crippen molar-refractivity contribution < 1.29 is 29.4 Å². The number of rotatable bonds is 13. The van der Waals surface area contributed by atoms with Gasteiger partial charge in [0.2, 0.25) is 11.8 Å². The minimum Gasteiger partial charge on any atom is -0.480 e. The first-order chi connectivity index (χ1) is 15.3. The summed E-state index contributed by atoms with van der Waals surface area (Å²) in [6.07, 6.45) is 3.01. The van der Waals surface area contributed by atoms with Crippen molar-refractivity contribution >= 4 is 35.4 Å². The van der Waals surface area contributed by atoms with Crippen molar-refractivity contribution in [2.45, 2.75) is 0 Å². The molecule has 0 aliphatic heterocycles. The SMILES string of the molecule is O=C(O)CN(CCN(CC(=O)O)CC(=O)Nc1ccccn1)CC(=O)Nc1ccccn1. The summed E-state index contributed by atoms with van der Waals surface area (Å²) in [6, 6.07) is 9.94. The second kappa shape index (κ2) is 12.7. The molecule has 0 fully saturated rings. The van der Waals surface area contributed by atoms with Gasteiger partial charge in [-0.25, -0.2) is 9.97 Å². The van der Waals surface area contributed by atoms with Crippen LogP contribution >= 0.6 is 0 Å². The number of hydrogen-bond acceptors (Lipinski definition) is 8. The molecule has 12 heteroatoms. The number of carbonyl (C=O) groups is 4. The van der Waals surface area contributed by atoms with Crippen LogP contribution in [0.25, 0.3) is 0 Å². The number of aliphatic carboxylic acids is 2. The molecular weight excluding hydrogens is 420 g/mol. The third kappa shape index (κ3) is 9.73. The highest BCUT2D eigenvalue weighted by molar-refractivity contribution is 5.92. The van der Waals surface area contributed by atoms with Gasteiger partial charge in [0.25, 0.3) is 0 Å². The molecule has 2 amide bonds. The summed E-state index contributed by atoms with van der Waals surface area (Å²) in [6.45, 7) is -1.26. The predicted molar refractivity (Wildman–Crippen MR) is 114 cm³/mol. The van der Waals surface area contributed by atoms with Crippen LogP contribution in [0.5, 0.6) is 0 Å². The summed E-state index contributed by atoms with van der Waals surface area (Å²) in [4.78, 5) is 57.5. The van der Waals surface area contributed by atoms with Crippen molar-refractivity contribution in [3.05, 3.63) is 48.8 Å². The zero-order chi connectivity index (χ0) is 23.3. The Hall–Kier alpha value is -3.90. The van der Waals surface area contributed by atoms with E-state index < -0.39 is 36.8 Å². The molecule has 32 heavy (non-hydrogen) atoms. The highest BCUT2D eigenvalue weighted by Gasteiger charge is 2.19. The Morgan fingerprint density at radius 1 is 0.688 bits per heavy atom. The van der Waals surface area contributed by atoms with Gasteiger partial charge < -0.3 is 20.8 Å². The first-order valence-electron chi connectivity index (χ1n) is 9.62. The van der Waals surface area contributed by atoms with Gasteiger partial charge in [-0.1, -0.05) is 12.1 Å². The van der Waals surface area contributed by atoms with E-state index in [1.54, 1.807) is 36.4 Å². The molecule has 0 aromatic carbocycles. The van der Waals surface area contributed by atoms with Crippen molar-refractivity contribution in [3.63, 3.8) is 0 Å². The lowest BCUT2D eigenvalue weighted by Crippen LogP contribution is -2.44. The van der Waals surface area contributed by atoms with Crippen LogP contribution in [-0.2, 0) is 19.2 Å². The average Bonchev–Trinajstić information content (AvgIpc) is 2.72. The second-order valence-electron chi connectivity index (χ2n) is 6.74. The summed E-state index contributed by atoms with van der Waals surface area (Å²) in [5.41, 5.74) is 0. The third-order valence-corrected chi connectivity index (χ3v) is 4.05. The average molecular weight is 444 g/mol. The first kappa shape index (κ1) is 24.4. The Morgan fingerprint density at radius 2 is 1.09 bits per heavy atom. The lowest BCUT2D eigenvalue weighted by atomic mass is 10.3. The van der Waals surface area contributed by atoms with Crippen LogP contribution in [0.15, 0.2) is 48.8 Å². The number of hydrogen-bond donors (Lipinski definition) is 4. The van der Waals surface area contributed by atoms with E-state index in [-0.39, 0.29) is 26.2 Å². The predicted octanol–water partition coefficient (Wildman–Crippen LogP) is -0.173. The van der Waals surface area contributed by atoms with Crippen molar-refractivity contribution in [1.82, 2.24) is 19.8 Å². The summed E-state index contributed by atoms with van der Waals surface area (Å²) >= 11 is 0. The molecule has 170 valence electrons. The largest absolute Gasteiger partial charge is 0.480 e. The minimum absolute atomic E-state index is 0.0477. The number of nitrogens with zero attached hydrogens (tertiary/aromatic N) is 4. The molecule has 2 heterocycles. The Labute approximate surface area is 183 Å². The molecule has 0 saturated heterocycles. The molecule has 0 atom stereocenters. The fourth-order valence-corrected chi connectivity index (χ4v) is 2.74. The van der Waals surface area contributed by atoms with Gasteiger partial charge in [0, 0.05) is 25.5 Å². The zero-order valence-corrected chi connectivity index (χ0v) is 17.2. The molecule has 0 radical (unpaired) electrons. The smallest absolute Gasteiger partial charge is 0.317 e. The Bertz CT molecular complexity index is 836. The quantitative estimate of drug-likeness (QED) is 0.326. The normalized spacial score (nSPS) is 10.7. The fraction of sp³-hybridized carbons (Fsp3) is 0.300. The molecule has 0 spiro atoms. The molecule has 2 aromatic rings. The van der Waals surface area contributed by atoms with Gasteiger partial charge >= 0.3 is 11.9 Å². The van der Waals surface area contributed by atoms with E-state index in [1.165, 1.54) is 22.2 Å². The van der Waals surface area contributed by atoms with Gasteiger partial charge in [-0.2, -0.15) is 0 Å². The number of amides is 2. The van der Waals surface area contributed by atoms with E-state index in [0.29, 0.717) is 11.6 Å². The van der Waals surface area contributed by atoms with E-state index in [0.717, 1.165) is 0 Å². The van der Waals surface area contributed by atoms with E-state index in [2.05, 4.69) is 20.6 Å². The maximum Gasteiger partial charge on any atom is 0.317 e. The Kier molecular flexibility index (Phi) is 9.69. The zero-order valence-electron chi connectivity index (χ0n) is 17.2. The van der Waals surface area contributed by atoms with E-state index in [1.807, 2.05) is 0 Å². The number of carboxylic acid groups (broad SMARTS) is 2. The molecule has 0 aliphatic carbocycles. The summed E-state index contributed by atoms with van der Waals surface area (Å²) in [5, 5.41) is 23.4. The molecule has 0 saturated carbocycles. The van der Waals surface area contributed by atoms with Crippen LogP contribution in [0.3, 0.4) is 0 Å². The maximum absolute atomic E-state index is 12.2. The van der Waals surface area contributed by atoms with Gasteiger partial charge in [-0.15, -0.1) is 0 Å². The van der Waals surface area contributed by atoms with Crippen molar-refractivity contribution in [1.29, 1.82) is 0 Å². The number of carboxylic acids is 2. The summed E-state index contributed by atoms with van der Waals surface area (Å²) in [7, 11) is 0. The molecule has 0 aliphatic rings. The highest BCUT2D eigenvalue weighted by Crippen LogP contribution is 2.02. The van der Waals surface area contributed by atoms with Gasteiger partial charge in [0.15, 0.2) is 0 Å². The fourth-order valence-electron chi connectivity index (χ4n) is 2.74. The monoisotopic (exact) mass is 444 g/mol. The van der Waals surface area contributed by atoms with Crippen molar-refractivity contribution in [2.75, 3.05) is 49.9 Å². The van der Waals surface area contributed by atoms with Crippen LogP contribution in [-0.4, -0.2) is 93.0 Å².